The summed E-state index contributed by atoms with van der Waals surface area (Å²) in [7, 11) is 0. The highest BCUT2D eigenvalue weighted by Gasteiger charge is 1.68. The Balaban J connectivity index is -0.0000000655. The van der Waals surface area contributed by atoms with Crippen LogP contribution in [0.2, 0.25) is 0 Å². The molecule has 0 amide bonds. The zero-order valence-corrected chi connectivity index (χ0v) is 11.8. The maximum absolute atomic E-state index is 5.14. The first-order valence-corrected chi connectivity index (χ1v) is 6.35. The van der Waals surface area contributed by atoms with E-state index >= 15 is 0 Å². The number of hydrogen-bond donors (Lipinski definition) is 4. The van der Waals surface area contributed by atoms with E-state index in [1.807, 2.05) is 0 Å². The van der Waals surface area contributed by atoms with Gasteiger partial charge in [0, 0.05) is 0 Å². The van der Waals surface area contributed by atoms with Crippen molar-refractivity contribution in [3.8, 4) is 0 Å². The first-order valence-electron chi connectivity index (χ1n) is 6.35. The van der Waals surface area contributed by atoms with Crippen LogP contribution in [0.3, 0.4) is 0 Å². The lowest BCUT2D eigenvalue weighted by Crippen LogP contribution is -1.95. The van der Waals surface area contributed by atoms with Crippen molar-refractivity contribution in [3.05, 3.63) is 0 Å². The van der Waals surface area contributed by atoms with Crippen LogP contribution in [0.4, 0.5) is 0 Å². The van der Waals surface area contributed by atoms with E-state index in [0.717, 1.165) is 19.6 Å². The second kappa shape index (κ2) is 36.4. The lowest BCUT2D eigenvalue weighted by atomic mass is 10.3. The van der Waals surface area contributed by atoms with Crippen molar-refractivity contribution in [3.63, 3.8) is 0 Å². The molecule has 0 aliphatic rings. The molecule has 4 nitrogen and oxygen atoms in total. The average molecular weight is 236 g/mol. The summed E-state index contributed by atoms with van der Waals surface area (Å²) in [4.78, 5) is 0. The molecule has 0 radical (unpaired) electrons. The van der Waals surface area contributed by atoms with Gasteiger partial charge in [0.2, 0.25) is 0 Å². The minimum Gasteiger partial charge on any atom is -0.344 e. The third kappa shape index (κ3) is 66.9. The molecule has 0 rings (SSSR count). The maximum atomic E-state index is 5.14. The zero-order valence-electron chi connectivity index (χ0n) is 11.8. The molecule has 0 unspecified atom stereocenters. The molecule has 4 heteroatoms. The standard InChI is InChI=1S/3C4H11N.H3N/c3*1-2-3-4-5;/h3*2-5H2,1H3;1H3. The van der Waals surface area contributed by atoms with Crippen LogP contribution in [-0.4, -0.2) is 19.6 Å². The molecule has 0 aliphatic carbocycles. The number of unbranched alkanes of at least 4 members (excludes halogenated alkanes) is 3. The highest BCUT2D eigenvalue weighted by atomic mass is 14.5. The summed E-state index contributed by atoms with van der Waals surface area (Å²) in [6, 6.07) is 0. The smallest absolute Gasteiger partial charge is 0.00774 e. The van der Waals surface area contributed by atoms with Crippen LogP contribution in [0.15, 0.2) is 0 Å². The van der Waals surface area contributed by atoms with Crippen LogP contribution in [0, 0.1) is 0 Å². The van der Waals surface area contributed by atoms with Gasteiger partial charge in [-0.25, -0.2) is 0 Å². The predicted octanol–water partition coefficient (Wildman–Crippen LogP) is 2.40. The van der Waals surface area contributed by atoms with Gasteiger partial charge in [-0.1, -0.05) is 40.0 Å². The van der Waals surface area contributed by atoms with Crippen LogP contribution in [-0.2, 0) is 0 Å². The quantitative estimate of drug-likeness (QED) is 0.567. The van der Waals surface area contributed by atoms with E-state index in [0.29, 0.717) is 0 Å². The number of nitrogens with two attached hydrogens (primary N) is 3. The molecule has 0 aliphatic heterocycles. The van der Waals surface area contributed by atoms with Crippen LogP contribution >= 0.6 is 0 Å². The summed E-state index contributed by atoms with van der Waals surface area (Å²) in [6.07, 6.45) is 7.16. The van der Waals surface area contributed by atoms with E-state index in [1.165, 1.54) is 38.5 Å². The Morgan fingerprint density at radius 3 is 0.750 bits per heavy atom. The van der Waals surface area contributed by atoms with Gasteiger partial charge in [0.25, 0.3) is 0 Å². The van der Waals surface area contributed by atoms with E-state index in [-0.39, 0.29) is 6.15 Å². The predicted molar refractivity (Wildman–Crippen MR) is 76.9 cm³/mol. The Labute approximate surface area is 103 Å². The van der Waals surface area contributed by atoms with Crippen molar-refractivity contribution in [2.45, 2.75) is 59.3 Å². The van der Waals surface area contributed by atoms with Crippen molar-refractivity contribution in [2.75, 3.05) is 19.6 Å². The molecule has 0 aromatic heterocycles. The van der Waals surface area contributed by atoms with E-state index in [2.05, 4.69) is 20.8 Å². The Bertz CT molecular complexity index is 49.8. The van der Waals surface area contributed by atoms with Gasteiger partial charge in [-0.2, -0.15) is 0 Å². The fourth-order valence-corrected chi connectivity index (χ4v) is 0.612. The minimum absolute atomic E-state index is 0. The van der Waals surface area contributed by atoms with Gasteiger partial charge in [0.15, 0.2) is 0 Å². The minimum atomic E-state index is 0. The summed E-state index contributed by atoms with van der Waals surface area (Å²) < 4.78 is 0. The van der Waals surface area contributed by atoms with Crippen molar-refractivity contribution < 1.29 is 0 Å². The highest BCUT2D eigenvalue weighted by molar-refractivity contribution is 4.30. The monoisotopic (exact) mass is 236 g/mol. The molecular formula is C12H36N4. The molecule has 0 spiro atoms. The summed E-state index contributed by atoms with van der Waals surface area (Å²) in [5.74, 6) is 0. The average Bonchev–Trinajstić information content (AvgIpc) is 2.23. The molecule has 0 aromatic rings. The first-order chi connectivity index (χ1) is 7.24. The third-order valence-electron chi connectivity index (χ3n) is 1.67. The first kappa shape index (κ1) is 24.9. The van der Waals surface area contributed by atoms with Crippen LogP contribution in [0.25, 0.3) is 0 Å². The molecule has 16 heavy (non-hydrogen) atoms. The summed E-state index contributed by atoms with van der Waals surface area (Å²) >= 11 is 0. The van der Waals surface area contributed by atoms with Crippen LogP contribution < -0.4 is 23.4 Å². The third-order valence-corrected chi connectivity index (χ3v) is 1.67. The fraction of sp³-hybridized carbons (Fsp3) is 1.00. The van der Waals surface area contributed by atoms with Gasteiger partial charge in [-0.15, -0.1) is 0 Å². The maximum Gasteiger partial charge on any atom is -0.00774 e. The molecule has 9 N–H and O–H groups in total. The molecule has 0 bridgehead atoms. The van der Waals surface area contributed by atoms with Gasteiger partial charge in [0.05, 0.1) is 0 Å². The SMILES string of the molecule is CCCCN.CCCCN.CCCCN.N. The molecule has 0 heterocycles. The fourth-order valence-electron chi connectivity index (χ4n) is 0.612. The van der Waals surface area contributed by atoms with Gasteiger partial charge < -0.3 is 23.4 Å². The van der Waals surface area contributed by atoms with Gasteiger partial charge in [-0.05, 0) is 38.9 Å². The van der Waals surface area contributed by atoms with Crippen molar-refractivity contribution in [1.82, 2.24) is 6.15 Å². The Morgan fingerprint density at radius 2 is 0.750 bits per heavy atom. The normalized spacial score (nSPS) is 7.88. The Hall–Kier alpha value is -0.160. The second-order valence-corrected chi connectivity index (χ2v) is 3.43. The van der Waals surface area contributed by atoms with Crippen molar-refractivity contribution in [2.24, 2.45) is 17.2 Å². The van der Waals surface area contributed by atoms with Gasteiger partial charge >= 0.3 is 0 Å². The molecule has 0 saturated carbocycles. The molecule has 0 atom stereocenters. The van der Waals surface area contributed by atoms with E-state index in [9.17, 15) is 0 Å². The lowest BCUT2D eigenvalue weighted by Gasteiger charge is -1.80. The number of rotatable bonds is 6. The molecule has 0 saturated heterocycles. The second-order valence-electron chi connectivity index (χ2n) is 3.43. The topological polar surface area (TPSA) is 113 Å². The Morgan fingerprint density at radius 1 is 0.562 bits per heavy atom. The van der Waals surface area contributed by atoms with E-state index in [4.69, 9.17) is 17.2 Å². The van der Waals surface area contributed by atoms with Gasteiger partial charge in [-0.3, -0.25) is 0 Å². The molecule has 104 valence electrons. The van der Waals surface area contributed by atoms with Crippen molar-refractivity contribution in [1.29, 1.82) is 0 Å². The lowest BCUT2D eigenvalue weighted by molar-refractivity contribution is 0.807. The summed E-state index contributed by atoms with van der Waals surface area (Å²) in [5.41, 5.74) is 15.4. The number of hydrogen-bond acceptors (Lipinski definition) is 4. The Kier molecular flexibility index (Phi) is 56.6. The zero-order chi connectivity index (χ0) is 12.4. The van der Waals surface area contributed by atoms with Crippen molar-refractivity contribution >= 4 is 0 Å². The highest BCUT2D eigenvalue weighted by Crippen LogP contribution is 1.77. The summed E-state index contributed by atoms with van der Waals surface area (Å²) in [5, 5.41) is 0. The largest absolute Gasteiger partial charge is 0.344 e. The van der Waals surface area contributed by atoms with E-state index in [1.54, 1.807) is 0 Å². The molecule has 0 fully saturated rings. The van der Waals surface area contributed by atoms with Gasteiger partial charge in [0.1, 0.15) is 0 Å². The molecule has 0 aromatic carbocycles. The van der Waals surface area contributed by atoms with Crippen LogP contribution in [0.1, 0.15) is 59.3 Å². The summed E-state index contributed by atoms with van der Waals surface area (Å²) in [6.45, 7) is 8.93. The van der Waals surface area contributed by atoms with Crippen LogP contribution in [0.5, 0.6) is 0 Å². The molecular weight excluding hydrogens is 200 g/mol. The van der Waals surface area contributed by atoms with E-state index < -0.39 is 0 Å².